The first-order chi connectivity index (χ1) is 9.68. The smallest absolute Gasteiger partial charge is 0.200 e. The van der Waals surface area contributed by atoms with Crippen molar-refractivity contribution in [2.45, 2.75) is 0 Å². The van der Waals surface area contributed by atoms with Crippen LogP contribution in [0.4, 0.5) is 39.5 Å². The van der Waals surface area contributed by atoms with E-state index >= 15 is 0 Å². The van der Waals surface area contributed by atoms with Gasteiger partial charge in [0.15, 0.2) is 17.5 Å². The second-order valence-corrected chi connectivity index (χ2v) is 3.45. The fourth-order valence-corrected chi connectivity index (χ4v) is 1.45. The molecule has 0 N–H and O–H groups in total. The van der Waals surface area contributed by atoms with E-state index in [1.165, 1.54) is 0 Å². The molecule has 0 saturated heterocycles. The zero-order valence-corrected chi connectivity index (χ0v) is 9.63. The highest BCUT2D eigenvalue weighted by Gasteiger charge is 2.25. The third-order valence-electron chi connectivity index (χ3n) is 2.25. The maximum absolute atomic E-state index is 13.3. The van der Waals surface area contributed by atoms with Gasteiger partial charge in [0.1, 0.15) is 0 Å². The molecule has 0 aliphatic rings. The molecule has 0 bridgehead atoms. The van der Waals surface area contributed by atoms with Crippen molar-refractivity contribution < 1.29 is 39.5 Å². The maximum atomic E-state index is 13.3. The Balaban J connectivity index is 3.87. The van der Waals surface area contributed by atoms with E-state index in [2.05, 4.69) is 0 Å². The van der Waals surface area contributed by atoms with Gasteiger partial charge < -0.3 is 0 Å². The summed E-state index contributed by atoms with van der Waals surface area (Å²) in [5.41, 5.74) is -4.68. The third kappa shape index (κ3) is 3.47. The van der Waals surface area contributed by atoms with Crippen LogP contribution in [-0.2, 0) is 0 Å². The van der Waals surface area contributed by atoms with Crippen molar-refractivity contribution in [2.75, 3.05) is 0 Å². The zero-order valence-electron chi connectivity index (χ0n) is 9.63. The van der Waals surface area contributed by atoms with Gasteiger partial charge in [0.25, 0.3) is 0 Å². The quantitative estimate of drug-likeness (QED) is 0.574. The Morgan fingerprint density at radius 1 is 0.524 bits per heavy atom. The van der Waals surface area contributed by atoms with E-state index in [-0.39, 0.29) is 0 Å². The highest BCUT2D eigenvalue weighted by atomic mass is 19.3. The van der Waals surface area contributed by atoms with Crippen LogP contribution in [0.3, 0.4) is 0 Å². The molecule has 0 aliphatic carbocycles. The van der Waals surface area contributed by atoms with Crippen LogP contribution in [0, 0.1) is 0 Å². The van der Waals surface area contributed by atoms with Crippen molar-refractivity contribution in [1.29, 1.82) is 0 Å². The summed E-state index contributed by atoms with van der Waals surface area (Å²) in [4.78, 5) is 0. The molecule has 0 saturated carbocycles. The Hall–Kier alpha value is -2.19. The third-order valence-corrected chi connectivity index (χ3v) is 2.25. The average Bonchev–Trinajstić information content (AvgIpc) is 2.43. The first-order valence-electron chi connectivity index (χ1n) is 4.94. The monoisotopic (exact) mass is 318 g/mol. The van der Waals surface area contributed by atoms with Gasteiger partial charge in [-0.1, -0.05) is 18.2 Å². The lowest BCUT2D eigenvalue weighted by Gasteiger charge is -2.10. The second kappa shape index (κ2) is 6.51. The summed E-state index contributed by atoms with van der Waals surface area (Å²) in [6.45, 7) is 0. The molecule has 0 amide bonds. The van der Waals surface area contributed by atoms with Gasteiger partial charge >= 0.3 is 18.2 Å². The molecular formula is C12H3F9. The van der Waals surface area contributed by atoms with Gasteiger partial charge in [-0.2, -0.15) is 26.3 Å². The standard InChI is InChI=1S/C12H3F9/c13-7(10(16)17)4-2-1-3-5(8(14)11(18)19)6(4)9(15)12(20)21/h1-3H. The number of hydrogen-bond acceptors (Lipinski definition) is 0. The Morgan fingerprint density at radius 3 is 1.14 bits per heavy atom. The van der Waals surface area contributed by atoms with Gasteiger partial charge in [-0.15, -0.1) is 0 Å². The fourth-order valence-electron chi connectivity index (χ4n) is 1.45. The normalized spacial score (nSPS) is 10.1. The van der Waals surface area contributed by atoms with Crippen molar-refractivity contribution in [2.24, 2.45) is 0 Å². The molecule has 9 heteroatoms. The van der Waals surface area contributed by atoms with Gasteiger partial charge in [-0.05, 0) is 0 Å². The molecule has 1 rings (SSSR count). The molecule has 0 heterocycles. The van der Waals surface area contributed by atoms with Crippen molar-refractivity contribution in [3.8, 4) is 0 Å². The first kappa shape index (κ1) is 16.9. The number of rotatable bonds is 3. The Bertz CT molecular complexity index is 600. The van der Waals surface area contributed by atoms with E-state index < -0.39 is 52.4 Å². The molecule has 21 heavy (non-hydrogen) atoms. The summed E-state index contributed by atoms with van der Waals surface area (Å²) in [7, 11) is 0. The molecule has 0 fully saturated rings. The maximum Gasteiger partial charge on any atom is 0.306 e. The highest BCUT2D eigenvalue weighted by molar-refractivity contribution is 5.83. The van der Waals surface area contributed by atoms with E-state index in [9.17, 15) is 39.5 Å². The number of benzene rings is 1. The molecule has 0 aliphatic heterocycles. The largest absolute Gasteiger partial charge is 0.306 e. The molecule has 114 valence electrons. The Morgan fingerprint density at radius 2 is 0.857 bits per heavy atom. The summed E-state index contributed by atoms with van der Waals surface area (Å²) >= 11 is 0. The van der Waals surface area contributed by atoms with Crippen LogP contribution in [0.15, 0.2) is 36.4 Å². The lowest BCUT2D eigenvalue weighted by atomic mass is 9.98. The predicted octanol–water partition coefficient (Wildman–Crippen LogP) is 6.29. The molecule has 0 radical (unpaired) electrons. The zero-order chi connectivity index (χ0) is 16.3. The molecule has 0 aromatic heterocycles. The number of hydrogen-bond donors (Lipinski definition) is 0. The minimum Gasteiger partial charge on any atom is -0.200 e. The second-order valence-electron chi connectivity index (χ2n) is 3.45. The number of halogens is 9. The van der Waals surface area contributed by atoms with Gasteiger partial charge in [0.05, 0.1) is 0 Å². The van der Waals surface area contributed by atoms with Crippen LogP contribution in [-0.4, -0.2) is 0 Å². The van der Waals surface area contributed by atoms with E-state index in [0.29, 0.717) is 18.2 Å². The van der Waals surface area contributed by atoms with Crippen LogP contribution in [0.1, 0.15) is 16.7 Å². The molecule has 0 nitrogen and oxygen atoms in total. The molecule has 0 spiro atoms. The van der Waals surface area contributed by atoms with Gasteiger partial charge in [0, 0.05) is 16.7 Å². The highest BCUT2D eigenvalue weighted by Crippen LogP contribution is 2.38. The Kier molecular flexibility index (Phi) is 5.23. The van der Waals surface area contributed by atoms with Crippen molar-refractivity contribution in [1.82, 2.24) is 0 Å². The van der Waals surface area contributed by atoms with E-state index in [1.54, 1.807) is 0 Å². The van der Waals surface area contributed by atoms with E-state index in [4.69, 9.17) is 0 Å². The lowest BCUT2D eigenvalue weighted by molar-refractivity contribution is 0.406. The summed E-state index contributed by atoms with van der Waals surface area (Å²) in [6.07, 6.45) is -9.13. The van der Waals surface area contributed by atoms with Crippen LogP contribution in [0.5, 0.6) is 0 Å². The molecule has 1 aromatic carbocycles. The summed E-state index contributed by atoms with van der Waals surface area (Å²) in [5.74, 6) is -7.46. The fraction of sp³-hybridized carbons (Fsp3) is 0. The lowest BCUT2D eigenvalue weighted by Crippen LogP contribution is -1.96. The minimum atomic E-state index is -3.11. The molecule has 0 unspecified atom stereocenters. The first-order valence-corrected chi connectivity index (χ1v) is 4.94. The van der Waals surface area contributed by atoms with Crippen molar-refractivity contribution in [3.05, 3.63) is 53.1 Å². The SMILES string of the molecule is FC(F)=C(F)c1cccc(C(F)=C(F)F)c1C(F)=C(F)F. The van der Waals surface area contributed by atoms with E-state index in [1.807, 2.05) is 0 Å². The van der Waals surface area contributed by atoms with Crippen LogP contribution in [0.2, 0.25) is 0 Å². The van der Waals surface area contributed by atoms with Crippen LogP contribution >= 0.6 is 0 Å². The topological polar surface area (TPSA) is 0 Å². The van der Waals surface area contributed by atoms with Gasteiger partial charge in [0.2, 0.25) is 0 Å². The summed E-state index contributed by atoms with van der Waals surface area (Å²) in [5, 5.41) is 0. The summed E-state index contributed by atoms with van der Waals surface area (Å²) in [6, 6.07) is 1.46. The van der Waals surface area contributed by atoms with Crippen LogP contribution < -0.4 is 0 Å². The van der Waals surface area contributed by atoms with Crippen molar-refractivity contribution >= 4 is 17.5 Å². The van der Waals surface area contributed by atoms with Crippen LogP contribution in [0.25, 0.3) is 17.5 Å². The average molecular weight is 318 g/mol. The summed E-state index contributed by atoms with van der Waals surface area (Å²) < 4.78 is 113. The molecule has 1 aromatic rings. The van der Waals surface area contributed by atoms with Gasteiger partial charge in [-0.25, -0.2) is 13.2 Å². The van der Waals surface area contributed by atoms with Gasteiger partial charge in [-0.3, -0.25) is 0 Å². The molecule has 0 atom stereocenters. The molecular weight excluding hydrogens is 315 g/mol. The predicted molar refractivity (Wildman–Crippen MR) is 57.2 cm³/mol. The van der Waals surface area contributed by atoms with E-state index in [0.717, 1.165) is 0 Å². The Labute approximate surface area is 111 Å². The van der Waals surface area contributed by atoms with Crippen molar-refractivity contribution in [3.63, 3.8) is 0 Å². The minimum absolute atomic E-state index is 0.416.